The number of hydrogen-bond donors (Lipinski definition) is 2. The van der Waals surface area contributed by atoms with Crippen LogP contribution in [0.25, 0.3) is 0 Å². The van der Waals surface area contributed by atoms with E-state index in [1.165, 1.54) is 12.8 Å². The molecule has 2 rings (SSSR count). The molecule has 0 spiro atoms. The van der Waals surface area contributed by atoms with Crippen LogP contribution in [0, 0.1) is 0 Å². The van der Waals surface area contributed by atoms with Crippen LogP contribution in [0.4, 0.5) is 0 Å². The van der Waals surface area contributed by atoms with Gasteiger partial charge in [0.1, 0.15) is 0 Å². The molecule has 2 unspecified atom stereocenters. The number of piperidine rings is 1. The van der Waals surface area contributed by atoms with Crippen molar-refractivity contribution < 1.29 is 13.2 Å². The zero-order chi connectivity index (χ0) is 12.8. The number of sulfonamides is 1. The second-order valence-corrected chi connectivity index (χ2v) is 7.16. The Morgan fingerprint density at radius 2 is 2.11 bits per heavy atom. The van der Waals surface area contributed by atoms with Crippen molar-refractivity contribution >= 4 is 10.0 Å². The Balaban J connectivity index is 1.66. The lowest BCUT2D eigenvalue weighted by Crippen LogP contribution is -2.38. The van der Waals surface area contributed by atoms with Gasteiger partial charge in [0.2, 0.25) is 10.0 Å². The summed E-state index contributed by atoms with van der Waals surface area (Å²) < 4.78 is 31.7. The van der Waals surface area contributed by atoms with E-state index in [9.17, 15) is 8.42 Å². The van der Waals surface area contributed by atoms with E-state index in [-0.39, 0.29) is 11.9 Å². The van der Waals surface area contributed by atoms with Gasteiger partial charge in [0, 0.05) is 19.2 Å². The van der Waals surface area contributed by atoms with Gasteiger partial charge in [-0.15, -0.1) is 0 Å². The second kappa shape index (κ2) is 6.84. The van der Waals surface area contributed by atoms with Gasteiger partial charge in [-0.3, -0.25) is 0 Å². The largest absolute Gasteiger partial charge is 0.377 e. The topological polar surface area (TPSA) is 67.4 Å². The van der Waals surface area contributed by atoms with Crippen molar-refractivity contribution in [3.8, 4) is 0 Å². The van der Waals surface area contributed by atoms with Crippen LogP contribution in [0.15, 0.2) is 0 Å². The minimum atomic E-state index is -3.14. The molecule has 106 valence electrons. The molecule has 0 aromatic carbocycles. The highest BCUT2D eigenvalue weighted by Gasteiger charge is 2.20. The summed E-state index contributed by atoms with van der Waals surface area (Å²) in [6.45, 7) is 2.22. The first-order valence-electron chi connectivity index (χ1n) is 6.98. The highest BCUT2D eigenvalue weighted by molar-refractivity contribution is 7.89. The van der Waals surface area contributed by atoms with Gasteiger partial charge < -0.3 is 10.1 Å². The minimum absolute atomic E-state index is 0.0765. The molecule has 2 atom stereocenters. The molecule has 2 saturated heterocycles. The van der Waals surface area contributed by atoms with E-state index in [0.717, 1.165) is 32.4 Å². The molecular formula is C12H24N2O3S. The summed E-state index contributed by atoms with van der Waals surface area (Å²) in [5, 5.41) is 3.37. The van der Waals surface area contributed by atoms with Crippen LogP contribution in [-0.4, -0.2) is 46.0 Å². The second-order valence-electron chi connectivity index (χ2n) is 5.24. The standard InChI is InChI=1S/C12H24N2O3S/c15-18(16,14-10-12-5-3-8-17-12)9-6-11-4-1-2-7-13-11/h11-14H,1-10H2. The van der Waals surface area contributed by atoms with Gasteiger partial charge in [0.15, 0.2) is 0 Å². The highest BCUT2D eigenvalue weighted by Crippen LogP contribution is 2.12. The molecule has 0 aliphatic carbocycles. The van der Waals surface area contributed by atoms with Crippen LogP contribution in [0.1, 0.15) is 38.5 Å². The van der Waals surface area contributed by atoms with Crippen LogP contribution < -0.4 is 10.0 Å². The zero-order valence-corrected chi connectivity index (χ0v) is 11.7. The Morgan fingerprint density at radius 1 is 1.22 bits per heavy atom. The van der Waals surface area contributed by atoms with Crippen molar-refractivity contribution in [3.05, 3.63) is 0 Å². The average Bonchev–Trinajstić information content (AvgIpc) is 2.89. The first-order chi connectivity index (χ1) is 8.66. The van der Waals surface area contributed by atoms with Crippen LogP contribution in [0.5, 0.6) is 0 Å². The van der Waals surface area contributed by atoms with Crippen molar-refractivity contribution in [1.82, 2.24) is 10.0 Å². The quantitative estimate of drug-likeness (QED) is 0.746. The molecule has 5 nitrogen and oxygen atoms in total. The van der Waals surface area contributed by atoms with Gasteiger partial charge in [-0.05, 0) is 38.6 Å². The van der Waals surface area contributed by atoms with Crippen LogP contribution in [-0.2, 0) is 14.8 Å². The summed E-state index contributed by atoms with van der Waals surface area (Å²) in [5.74, 6) is 0.220. The maximum Gasteiger partial charge on any atom is 0.211 e. The third-order valence-electron chi connectivity index (χ3n) is 3.70. The number of hydrogen-bond acceptors (Lipinski definition) is 4. The van der Waals surface area contributed by atoms with Gasteiger partial charge in [-0.2, -0.15) is 0 Å². The molecule has 2 aliphatic heterocycles. The van der Waals surface area contributed by atoms with E-state index in [1.807, 2.05) is 0 Å². The Bertz CT molecular complexity index is 333. The van der Waals surface area contributed by atoms with Crippen molar-refractivity contribution in [1.29, 1.82) is 0 Å². The Kier molecular flexibility index (Phi) is 5.41. The molecule has 0 amide bonds. The number of rotatable bonds is 6. The lowest BCUT2D eigenvalue weighted by molar-refractivity contribution is 0.114. The number of ether oxygens (including phenoxy) is 1. The SMILES string of the molecule is O=S(=O)(CCC1CCCCN1)NCC1CCCO1. The third kappa shape index (κ3) is 4.84. The summed E-state index contributed by atoms with van der Waals surface area (Å²) in [6, 6.07) is 0.373. The molecule has 2 heterocycles. The number of nitrogens with one attached hydrogen (secondary N) is 2. The summed E-state index contributed by atoms with van der Waals surface area (Å²) in [5.41, 5.74) is 0. The summed E-state index contributed by atoms with van der Waals surface area (Å²) >= 11 is 0. The summed E-state index contributed by atoms with van der Waals surface area (Å²) in [6.07, 6.45) is 6.31. The van der Waals surface area contributed by atoms with E-state index in [1.54, 1.807) is 0 Å². The molecule has 2 aliphatic rings. The molecule has 0 radical (unpaired) electrons. The van der Waals surface area contributed by atoms with Crippen molar-refractivity contribution in [2.24, 2.45) is 0 Å². The zero-order valence-electron chi connectivity index (χ0n) is 10.9. The molecule has 0 bridgehead atoms. The smallest absolute Gasteiger partial charge is 0.211 e. The molecule has 0 saturated carbocycles. The van der Waals surface area contributed by atoms with Gasteiger partial charge in [0.25, 0.3) is 0 Å². The molecule has 18 heavy (non-hydrogen) atoms. The van der Waals surface area contributed by atoms with Gasteiger partial charge >= 0.3 is 0 Å². The monoisotopic (exact) mass is 276 g/mol. The van der Waals surface area contributed by atoms with Gasteiger partial charge in [-0.1, -0.05) is 6.42 Å². The molecule has 2 fully saturated rings. The maximum absolute atomic E-state index is 11.8. The van der Waals surface area contributed by atoms with Gasteiger partial charge in [-0.25, -0.2) is 13.1 Å². The first kappa shape index (κ1) is 14.2. The van der Waals surface area contributed by atoms with E-state index in [2.05, 4.69) is 10.0 Å². The Hall–Kier alpha value is -0.170. The Morgan fingerprint density at radius 3 is 2.78 bits per heavy atom. The van der Waals surface area contributed by atoms with Crippen LogP contribution >= 0.6 is 0 Å². The lowest BCUT2D eigenvalue weighted by atomic mass is 10.0. The van der Waals surface area contributed by atoms with Gasteiger partial charge in [0.05, 0.1) is 11.9 Å². The predicted octanol–water partition coefficient (Wildman–Crippen LogP) is 0.617. The third-order valence-corrected chi connectivity index (χ3v) is 5.08. The molecule has 6 heteroatoms. The molecule has 2 N–H and O–H groups in total. The lowest BCUT2D eigenvalue weighted by Gasteiger charge is -2.23. The average molecular weight is 276 g/mol. The van der Waals surface area contributed by atoms with Crippen molar-refractivity contribution in [2.75, 3.05) is 25.4 Å². The van der Waals surface area contributed by atoms with E-state index in [4.69, 9.17) is 4.74 Å². The van der Waals surface area contributed by atoms with E-state index in [0.29, 0.717) is 19.0 Å². The molecule has 0 aromatic rings. The van der Waals surface area contributed by atoms with E-state index < -0.39 is 10.0 Å². The molecule has 0 aromatic heterocycles. The fraction of sp³-hybridized carbons (Fsp3) is 1.00. The highest BCUT2D eigenvalue weighted by atomic mass is 32.2. The van der Waals surface area contributed by atoms with Crippen LogP contribution in [0.3, 0.4) is 0 Å². The fourth-order valence-corrected chi connectivity index (χ4v) is 3.74. The summed E-state index contributed by atoms with van der Waals surface area (Å²) in [7, 11) is -3.14. The Labute approximate surface area is 110 Å². The van der Waals surface area contributed by atoms with Crippen molar-refractivity contribution in [3.63, 3.8) is 0 Å². The predicted molar refractivity (Wildman–Crippen MR) is 71.0 cm³/mol. The normalized spacial score (nSPS) is 29.6. The minimum Gasteiger partial charge on any atom is -0.377 e. The van der Waals surface area contributed by atoms with Crippen molar-refractivity contribution in [2.45, 2.75) is 50.7 Å². The maximum atomic E-state index is 11.8. The molecular weight excluding hydrogens is 252 g/mol. The summed E-state index contributed by atoms with van der Waals surface area (Å²) in [4.78, 5) is 0. The van der Waals surface area contributed by atoms with E-state index >= 15 is 0 Å². The van der Waals surface area contributed by atoms with Crippen LogP contribution in [0.2, 0.25) is 0 Å². The fourth-order valence-electron chi connectivity index (χ4n) is 2.57. The first-order valence-corrected chi connectivity index (χ1v) is 8.63.